The molecular weight excluding hydrogens is 341 g/mol. The fourth-order valence-corrected chi connectivity index (χ4v) is 3.03. The fraction of sp³-hybridized carbons (Fsp3) is 0.174. The molecule has 138 valence electrons. The van der Waals surface area contributed by atoms with Crippen LogP contribution in [0, 0.1) is 5.82 Å². The van der Waals surface area contributed by atoms with Crippen molar-refractivity contribution < 1.29 is 14.3 Å². The summed E-state index contributed by atoms with van der Waals surface area (Å²) < 4.78 is 13.1. The zero-order chi connectivity index (χ0) is 19.1. The molecule has 0 fully saturated rings. The lowest BCUT2D eigenvalue weighted by molar-refractivity contribution is 0.0698. The average molecular weight is 363 g/mol. The monoisotopic (exact) mass is 363 g/mol. The van der Waals surface area contributed by atoms with E-state index in [0.29, 0.717) is 11.4 Å². The van der Waals surface area contributed by atoms with E-state index in [1.165, 1.54) is 17.7 Å². The highest BCUT2D eigenvalue weighted by molar-refractivity contribution is 5.95. The number of nitrogens with one attached hydrogen (secondary N) is 1. The normalized spacial score (nSPS) is 10.6. The molecule has 4 heteroatoms. The van der Waals surface area contributed by atoms with Gasteiger partial charge in [0.25, 0.3) is 0 Å². The van der Waals surface area contributed by atoms with E-state index in [9.17, 15) is 14.3 Å². The lowest BCUT2D eigenvalue weighted by atomic mass is 10.0. The molecule has 0 bridgehead atoms. The van der Waals surface area contributed by atoms with E-state index in [1.807, 2.05) is 30.3 Å². The topological polar surface area (TPSA) is 49.3 Å². The summed E-state index contributed by atoms with van der Waals surface area (Å²) in [5.74, 6) is -1.32. The van der Waals surface area contributed by atoms with Crippen molar-refractivity contribution >= 4 is 17.3 Å². The number of hydrogen-bond acceptors (Lipinski definition) is 2. The fourth-order valence-electron chi connectivity index (χ4n) is 3.03. The Morgan fingerprint density at radius 3 is 2.19 bits per heavy atom. The molecule has 0 spiro atoms. The first-order valence-corrected chi connectivity index (χ1v) is 9.04. The number of aromatic carboxylic acids is 1. The van der Waals surface area contributed by atoms with E-state index in [1.54, 1.807) is 18.2 Å². The molecule has 0 saturated heterocycles. The Balaban J connectivity index is 1.65. The Kier molecular flexibility index (Phi) is 6.21. The lowest BCUT2D eigenvalue weighted by Crippen LogP contribution is -2.04. The SMILES string of the molecule is O=C(O)c1ccc(CCCCc2ccccc2)cc1Nc1ccc(F)cc1. The molecule has 0 amide bonds. The van der Waals surface area contributed by atoms with Gasteiger partial charge in [0.05, 0.1) is 11.3 Å². The number of halogens is 1. The van der Waals surface area contributed by atoms with Crippen LogP contribution in [0.5, 0.6) is 0 Å². The summed E-state index contributed by atoms with van der Waals surface area (Å²) in [6, 6.07) is 21.6. The number of hydrogen-bond donors (Lipinski definition) is 2. The van der Waals surface area contributed by atoms with E-state index in [4.69, 9.17) is 0 Å². The molecule has 3 rings (SSSR count). The highest BCUT2D eigenvalue weighted by Crippen LogP contribution is 2.24. The molecular formula is C23H22FNO2. The van der Waals surface area contributed by atoms with Crippen LogP contribution >= 0.6 is 0 Å². The lowest BCUT2D eigenvalue weighted by Gasteiger charge is -2.12. The molecule has 27 heavy (non-hydrogen) atoms. The number of carbonyl (C=O) groups is 1. The molecule has 0 unspecified atom stereocenters. The summed E-state index contributed by atoms with van der Waals surface area (Å²) in [6.45, 7) is 0. The van der Waals surface area contributed by atoms with Crippen molar-refractivity contribution in [2.75, 3.05) is 5.32 Å². The molecule has 0 atom stereocenters. The van der Waals surface area contributed by atoms with E-state index in [2.05, 4.69) is 17.4 Å². The van der Waals surface area contributed by atoms with Gasteiger partial charge in [-0.15, -0.1) is 0 Å². The second kappa shape index (κ2) is 8.99. The van der Waals surface area contributed by atoms with Gasteiger partial charge in [0.1, 0.15) is 5.82 Å². The molecule has 0 aliphatic heterocycles. The van der Waals surface area contributed by atoms with Crippen LogP contribution in [0.1, 0.15) is 34.3 Å². The maximum atomic E-state index is 13.1. The van der Waals surface area contributed by atoms with Crippen molar-refractivity contribution in [3.05, 3.63) is 95.3 Å². The number of aryl methyl sites for hydroxylation is 2. The predicted molar refractivity (Wildman–Crippen MR) is 106 cm³/mol. The van der Waals surface area contributed by atoms with Crippen molar-refractivity contribution in [1.82, 2.24) is 0 Å². The van der Waals surface area contributed by atoms with Gasteiger partial charge in [0, 0.05) is 5.69 Å². The molecule has 2 N–H and O–H groups in total. The van der Waals surface area contributed by atoms with E-state index >= 15 is 0 Å². The van der Waals surface area contributed by atoms with Crippen LogP contribution < -0.4 is 5.32 Å². The van der Waals surface area contributed by atoms with E-state index < -0.39 is 5.97 Å². The second-order valence-electron chi connectivity index (χ2n) is 6.51. The quantitative estimate of drug-likeness (QED) is 0.495. The van der Waals surface area contributed by atoms with Gasteiger partial charge in [0.2, 0.25) is 0 Å². The van der Waals surface area contributed by atoms with Crippen LogP contribution in [0.25, 0.3) is 0 Å². The average Bonchev–Trinajstić information content (AvgIpc) is 2.68. The molecule has 0 aliphatic rings. The molecule has 3 aromatic rings. The predicted octanol–water partition coefficient (Wildman–Crippen LogP) is 5.83. The number of anilines is 2. The molecule has 0 aromatic heterocycles. The first kappa shape index (κ1) is 18.6. The van der Waals surface area contributed by atoms with Gasteiger partial charge in [-0.25, -0.2) is 9.18 Å². The zero-order valence-electron chi connectivity index (χ0n) is 15.0. The van der Waals surface area contributed by atoms with Gasteiger partial charge in [-0.05, 0) is 73.2 Å². The number of carboxylic acids is 1. The number of benzene rings is 3. The van der Waals surface area contributed by atoms with Crippen molar-refractivity contribution in [3.8, 4) is 0 Å². The van der Waals surface area contributed by atoms with Gasteiger partial charge < -0.3 is 10.4 Å². The maximum absolute atomic E-state index is 13.1. The van der Waals surface area contributed by atoms with Gasteiger partial charge in [-0.3, -0.25) is 0 Å². The van der Waals surface area contributed by atoms with Crippen molar-refractivity contribution in [2.45, 2.75) is 25.7 Å². The standard InChI is InChI=1S/C23H22FNO2/c24-19-11-13-20(14-12-19)25-22-16-18(10-15-21(22)23(26)27)9-5-4-8-17-6-2-1-3-7-17/h1-3,6-7,10-16,25H,4-5,8-9H2,(H,26,27). The smallest absolute Gasteiger partial charge is 0.337 e. The number of carboxylic acid groups (broad SMARTS) is 1. The molecule has 0 aliphatic carbocycles. The van der Waals surface area contributed by atoms with Gasteiger partial charge in [-0.2, -0.15) is 0 Å². The van der Waals surface area contributed by atoms with Crippen molar-refractivity contribution in [3.63, 3.8) is 0 Å². The molecule has 0 saturated carbocycles. The minimum atomic E-state index is -0.991. The van der Waals surface area contributed by atoms with Crippen molar-refractivity contribution in [1.29, 1.82) is 0 Å². The second-order valence-corrected chi connectivity index (χ2v) is 6.51. The Bertz CT molecular complexity index is 892. The Labute approximate surface area is 158 Å². The largest absolute Gasteiger partial charge is 0.478 e. The zero-order valence-corrected chi connectivity index (χ0v) is 15.0. The molecule has 0 radical (unpaired) electrons. The minimum absolute atomic E-state index is 0.201. The van der Waals surface area contributed by atoms with Gasteiger partial charge in [-0.1, -0.05) is 36.4 Å². The summed E-state index contributed by atoms with van der Waals surface area (Å²) >= 11 is 0. The van der Waals surface area contributed by atoms with Crippen LogP contribution in [0.3, 0.4) is 0 Å². The minimum Gasteiger partial charge on any atom is -0.478 e. The number of unbranched alkanes of at least 4 members (excludes halogenated alkanes) is 1. The summed E-state index contributed by atoms with van der Waals surface area (Å²) in [5.41, 5.74) is 3.79. The van der Waals surface area contributed by atoms with Crippen LogP contribution in [-0.4, -0.2) is 11.1 Å². The first-order valence-electron chi connectivity index (χ1n) is 9.04. The summed E-state index contributed by atoms with van der Waals surface area (Å²) in [6.07, 6.45) is 4.02. The summed E-state index contributed by atoms with van der Waals surface area (Å²) in [4.78, 5) is 11.5. The number of rotatable bonds is 8. The van der Waals surface area contributed by atoms with Crippen molar-refractivity contribution in [2.24, 2.45) is 0 Å². The summed E-state index contributed by atoms with van der Waals surface area (Å²) in [7, 11) is 0. The first-order chi connectivity index (χ1) is 13.1. The van der Waals surface area contributed by atoms with E-state index in [-0.39, 0.29) is 11.4 Å². The maximum Gasteiger partial charge on any atom is 0.337 e. The highest BCUT2D eigenvalue weighted by Gasteiger charge is 2.11. The van der Waals surface area contributed by atoms with E-state index in [0.717, 1.165) is 31.2 Å². The third-order valence-corrected chi connectivity index (χ3v) is 4.46. The third-order valence-electron chi connectivity index (χ3n) is 4.46. The Morgan fingerprint density at radius 2 is 1.52 bits per heavy atom. The van der Waals surface area contributed by atoms with Crippen LogP contribution in [-0.2, 0) is 12.8 Å². The van der Waals surface area contributed by atoms with Crippen LogP contribution in [0.15, 0.2) is 72.8 Å². The van der Waals surface area contributed by atoms with Crippen LogP contribution in [0.2, 0.25) is 0 Å². The molecule has 0 heterocycles. The Hall–Kier alpha value is -3.14. The van der Waals surface area contributed by atoms with Gasteiger partial charge in [0.15, 0.2) is 0 Å². The summed E-state index contributed by atoms with van der Waals surface area (Å²) in [5, 5.41) is 12.5. The molecule has 3 nitrogen and oxygen atoms in total. The Morgan fingerprint density at radius 1 is 0.852 bits per heavy atom. The van der Waals surface area contributed by atoms with Gasteiger partial charge >= 0.3 is 5.97 Å². The van der Waals surface area contributed by atoms with Crippen LogP contribution in [0.4, 0.5) is 15.8 Å². The highest BCUT2D eigenvalue weighted by atomic mass is 19.1. The third kappa shape index (κ3) is 5.42. The molecule has 3 aromatic carbocycles.